The second-order valence-corrected chi connectivity index (χ2v) is 6.00. The molecule has 3 heterocycles. The summed E-state index contributed by atoms with van der Waals surface area (Å²) < 4.78 is 0. The van der Waals surface area contributed by atoms with Crippen LogP contribution in [0, 0.1) is 13.8 Å². The molecule has 4 heteroatoms. The Kier molecular flexibility index (Phi) is 3.74. The Hall–Kier alpha value is -1.42. The molecule has 0 bridgehead atoms. The van der Waals surface area contributed by atoms with Crippen molar-refractivity contribution in [3.05, 3.63) is 29.1 Å². The Labute approximate surface area is 120 Å². The van der Waals surface area contributed by atoms with Gasteiger partial charge in [0.1, 0.15) is 0 Å². The van der Waals surface area contributed by atoms with Crippen molar-refractivity contribution in [1.82, 2.24) is 15.2 Å². The van der Waals surface area contributed by atoms with Gasteiger partial charge in [0.15, 0.2) is 0 Å². The second-order valence-electron chi connectivity index (χ2n) is 6.00. The van der Waals surface area contributed by atoms with Crippen molar-refractivity contribution >= 4 is 5.91 Å². The van der Waals surface area contributed by atoms with E-state index in [1.165, 1.54) is 12.8 Å². The Bertz CT molecular complexity index is 508. The van der Waals surface area contributed by atoms with Gasteiger partial charge >= 0.3 is 0 Å². The number of hydrogen-bond acceptors (Lipinski definition) is 3. The molecule has 2 saturated heterocycles. The van der Waals surface area contributed by atoms with Gasteiger partial charge in [0.25, 0.3) is 5.91 Å². The van der Waals surface area contributed by atoms with Crippen LogP contribution in [0.1, 0.15) is 47.4 Å². The zero-order valence-corrected chi connectivity index (χ0v) is 12.4. The Morgan fingerprint density at radius 2 is 2.15 bits per heavy atom. The number of rotatable bonds is 2. The van der Waals surface area contributed by atoms with Crippen LogP contribution in [0.25, 0.3) is 0 Å². The van der Waals surface area contributed by atoms with E-state index >= 15 is 0 Å². The molecule has 2 aliphatic rings. The fourth-order valence-corrected chi connectivity index (χ4v) is 3.57. The smallest absolute Gasteiger partial charge is 0.255 e. The summed E-state index contributed by atoms with van der Waals surface area (Å²) in [6.07, 6.45) is 4.67. The zero-order valence-electron chi connectivity index (χ0n) is 12.4. The fraction of sp³-hybridized carbons (Fsp3) is 0.625. The highest BCUT2D eigenvalue weighted by Gasteiger charge is 2.36. The molecule has 1 N–H and O–H groups in total. The molecular formula is C16H23N3O. The first-order valence-corrected chi connectivity index (χ1v) is 7.65. The Balaban J connectivity index is 1.81. The third kappa shape index (κ3) is 2.44. The lowest BCUT2D eigenvalue weighted by atomic mass is 10.0. The van der Waals surface area contributed by atoms with E-state index in [1.54, 1.807) is 0 Å². The molecule has 2 fully saturated rings. The summed E-state index contributed by atoms with van der Waals surface area (Å²) in [6, 6.07) is 4.71. The highest BCUT2D eigenvalue weighted by Crippen LogP contribution is 2.26. The van der Waals surface area contributed by atoms with Crippen LogP contribution in [-0.4, -0.2) is 41.0 Å². The molecule has 108 valence electrons. The number of pyridine rings is 1. The SMILES string of the molecule is Cc1ccc(C(=O)N2CCCC2C2CCCN2)c(C)n1. The van der Waals surface area contributed by atoms with Crippen molar-refractivity contribution in [2.24, 2.45) is 0 Å². The maximum Gasteiger partial charge on any atom is 0.255 e. The van der Waals surface area contributed by atoms with Crippen molar-refractivity contribution in [3.8, 4) is 0 Å². The molecule has 0 aromatic carbocycles. The molecule has 2 aliphatic heterocycles. The highest BCUT2D eigenvalue weighted by atomic mass is 16.2. The van der Waals surface area contributed by atoms with E-state index < -0.39 is 0 Å². The molecule has 1 aromatic heterocycles. The minimum Gasteiger partial charge on any atom is -0.334 e. The maximum absolute atomic E-state index is 12.8. The number of hydrogen-bond donors (Lipinski definition) is 1. The van der Waals surface area contributed by atoms with E-state index in [2.05, 4.69) is 15.2 Å². The van der Waals surface area contributed by atoms with Crippen molar-refractivity contribution < 1.29 is 4.79 Å². The summed E-state index contributed by atoms with van der Waals surface area (Å²) in [5.41, 5.74) is 2.58. The van der Waals surface area contributed by atoms with Gasteiger partial charge in [0.2, 0.25) is 0 Å². The number of carbonyl (C=O) groups excluding carboxylic acids is 1. The van der Waals surface area contributed by atoms with Crippen molar-refractivity contribution in [3.63, 3.8) is 0 Å². The van der Waals surface area contributed by atoms with Crippen molar-refractivity contribution in [1.29, 1.82) is 0 Å². The first-order valence-electron chi connectivity index (χ1n) is 7.65. The van der Waals surface area contributed by atoms with Crippen LogP contribution in [0.2, 0.25) is 0 Å². The highest BCUT2D eigenvalue weighted by molar-refractivity contribution is 5.95. The topological polar surface area (TPSA) is 45.2 Å². The lowest BCUT2D eigenvalue weighted by Gasteiger charge is -2.30. The van der Waals surface area contributed by atoms with Gasteiger partial charge in [-0.1, -0.05) is 0 Å². The number of likely N-dealkylation sites (tertiary alicyclic amines) is 1. The van der Waals surface area contributed by atoms with E-state index in [9.17, 15) is 4.79 Å². The van der Waals surface area contributed by atoms with Gasteiger partial charge in [-0.15, -0.1) is 0 Å². The average molecular weight is 273 g/mol. The molecule has 0 spiro atoms. The molecule has 3 rings (SSSR count). The van der Waals surface area contributed by atoms with Crippen LogP contribution in [-0.2, 0) is 0 Å². The van der Waals surface area contributed by atoms with E-state index in [0.717, 1.165) is 42.9 Å². The molecule has 2 atom stereocenters. The Morgan fingerprint density at radius 3 is 2.85 bits per heavy atom. The minimum absolute atomic E-state index is 0.159. The van der Waals surface area contributed by atoms with Gasteiger partial charge in [-0.3, -0.25) is 9.78 Å². The third-order valence-electron chi connectivity index (χ3n) is 4.58. The number of aryl methyl sites for hydroxylation is 2. The van der Waals surface area contributed by atoms with Gasteiger partial charge in [-0.25, -0.2) is 0 Å². The van der Waals surface area contributed by atoms with Crippen LogP contribution in [0.5, 0.6) is 0 Å². The monoisotopic (exact) mass is 273 g/mol. The van der Waals surface area contributed by atoms with E-state index in [1.807, 2.05) is 26.0 Å². The van der Waals surface area contributed by atoms with Crippen molar-refractivity contribution in [2.75, 3.05) is 13.1 Å². The lowest BCUT2D eigenvalue weighted by Crippen LogP contribution is -2.46. The summed E-state index contributed by atoms with van der Waals surface area (Å²) in [6.45, 7) is 5.87. The molecular weight excluding hydrogens is 250 g/mol. The predicted molar refractivity (Wildman–Crippen MR) is 78.8 cm³/mol. The van der Waals surface area contributed by atoms with Gasteiger partial charge in [-0.05, 0) is 58.2 Å². The first-order chi connectivity index (χ1) is 9.66. The summed E-state index contributed by atoms with van der Waals surface area (Å²) in [5, 5.41) is 3.55. The van der Waals surface area contributed by atoms with Crippen molar-refractivity contribution in [2.45, 2.75) is 51.6 Å². The summed E-state index contributed by atoms with van der Waals surface area (Å²) in [5.74, 6) is 0.159. The first kappa shape index (κ1) is 13.6. The standard InChI is InChI=1S/C16H23N3O/c1-11-7-8-13(12(2)18-11)16(20)19-10-4-6-15(19)14-5-3-9-17-14/h7-8,14-15,17H,3-6,9-10H2,1-2H3. The number of nitrogens with one attached hydrogen (secondary N) is 1. The third-order valence-corrected chi connectivity index (χ3v) is 4.58. The van der Waals surface area contributed by atoms with Gasteiger partial charge in [0.05, 0.1) is 11.3 Å². The van der Waals surface area contributed by atoms with Crippen LogP contribution in [0.15, 0.2) is 12.1 Å². The number of amides is 1. The molecule has 20 heavy (non-hydrogen) atoms. The molecule has 1 amide bonds. The molecule has 0 radical (unpaired) electrons. The normalized spacial score (nSPS) is 26.2. The van der Waals surface area contributed by atoms with E-state index in [-0.39, 0.29) is 5.91 Å². The van der Waals surface area contributed by atoms with Crippen LogP contribution in [0.3, 0.4) is 0 Å². The average Bonchev–Trinajstić information content (AvgIpc) is 3.09. The number of aromatic nitrogens is 1. The molecule has 0 saturated carbocycles. The van der Waals surface area contributed by atoms with Crippen LogP contribution in [0.4, 0.5) is 0 Å². The van der Waals surface area contributed by atoms with Gasteiger partial charge in [0, 0.05) is 24.3 Å². The van der Waals surface area contributed by atoms with E-state index in [0.29, 0.717) is 12.1 Å². The van der Waals surface area contributed by atoms with Crippen LogP contribution < -0.4 is 5.32 Å². The maximum atomic E-state index is 12.8. The van der Waals surface area contributed by atoms with Crippen LogP contribution >= 0.6 is 0 Å². The van der Waals surface area contributed by atoms with E-state index in [4.69, 9.17) is 0 Å². The summed E-state index contributed by atoms with van der Waals surface area (Å²) >= 11 is 0. The number of nitrogens with zero attached hydrogens (tertiary/aromatic N) is 2. The minimum atomic E-state index is 0.159. The lowest BCUT2D eigenvalue weighted by molar-refractivity contribution is 0.0710. The predicted octanol–water partition coefficient (Wildman–Crippen LogP) is 2.06. The second kappa shape index (κ2) is 5.52. The quantitative estimate of drug-likeness (QED) is 0.897. The molecule has 2 unspecified atom stereocenters. The van der Waals surface area contributed by atoms with Gasteiger partial charge in [-0.2, -0.15) is 0 Å². The fourth-order valence-electron chi connectivity index (χ4n) is 3.57. The number of carbonyl (C=O) groups is 1. The summed E-state index contributed by atoms with van der Waals surface area (Å²) in [4.78, 5) is 19.3. The largest absolute Gasteiger partial charge is 0.334 e. The Morgan fingerprint density at radius 1 is 1.30 bits per heavy atom. The van der Waals surface area contributed by atoms with Gasteiger partial charge < -0.3 is 10.2 Å². The molecule has 4 nitrogen and oxygen atoms in total. The molecule has 1 aromatic rings. The zero-order chi connectivity index (χ0) is 14.1. The summed E-state index contributed by atoms with van der Waals surface area (Å²) in [7, 11) is 0. The molecule has 0 aliphatic carbocycles.